The molecule has 6 nitrogen and oxygen atoms in total. The molecule has 0 aliphatic carbocycles. The molecule has 1 atom stereocenters. The number of hydroxylamine groups is 2. The monoisotopic (exact) mass is 398 g/mol. The molecule has 0 bridgehead atoms. The Morgan fingerprint density at radius 2 is 1.88 bits per heavy atom. The van der Waals surface area contributed by atoms with Gasteiger partial charge in [-0.05, 0) is 36.2 Å². The van der Waals surface area contributed by atoms with E-state index in [1.54, 1.807) is 42.5 Å². The third-order valence-electron chi connectivity index (χ3n) is 3.64. The van der Waals surface area contributed by atoms with Gasteiger partial charge in [0.05, 0.1) is 6.54 Å². The molecule has 0 radical (unpaired) electrons. The third kappa shape index (κ3) is 4.10. The van der Waals surface area contributed by atoms with Gasteiger partial charge in [0.25, 0.3) is 15.9 Å². The highest BCUT2D eigenvalue weighted by Crippen LogP contribution is 2.31. The van der Waals surface area contributed by atoms with Crippen molar-refractivity contribution in [1.82, 2.24) is 9.79 Å². The minimum Gasteiger partial charge on any atom is -0.286 e. The molecule has 0 saturated heterocycles. The second-order valence-electron chi connectivity index (χ2n) is 5.43. The summed E-state index contributed by atoms with van der Waals surface area (Å²) in [7, 11) is -3.88. The number of hydrogen-bond acceptors (Lipinski definition) is 5. The van der Waals surface area contributed by atoms with Crippen molar-refractivity contribution < 1.29 is 18.4 Å². The predicted octanol–water partition coefficient (Wildman–Crippen LogP) is 2.89. The lowest BCUT2D eigenvalue weighted by atomic mass is 10.2. The van der Waals surface area contributed by atoms with E-state index in [-0.39, 0.29) is 17.2 Å². The minimum atomic E-state index is -3.88. The number of rotatable bonds is 4. The van der Waals surface area contributed by atoms with Crippen molar-refractivity contribution in [2.75, 3.05) is 6.54 Å². The van der Waals surface area contributed by atoms with Crippen LogP contribution in [-0.2, 0) is 14.8 Å². The molecule has 9 heteroatoms. The number of nitrogens with one attached hydrogen (secondary N) is 1. The Hall–Kier alpha value is -1.71. The molecule has 2 N–H and O–H groups in total. The van der Waals surface area contributed by atoms with E-state index >= 15 is 0 Å². The van der Waals surface area contributed by atoms with Crippen LogP contribution in [0.3, 0.4) is 0 Å². The molecule has 1 aromatic carbocycles. The van der Waals surface area contributed by atoms with E-state index in [4.69, 9.17) is 11.6 Å². The maximum Gasteiger partial charge on any atom is 0.264 e. The number of halogens is 1. The quantitative estimate of drug-likeness (QED) is 0.612. The van der Waals surface area contributed by atoms with Gasteiger partial charge in [-0.15, -0.1) is 11.3 Å². The Morgan fingerprint density at radius 3 is 2.60 bits per heavy atom. The van der Waals surface area contributed by atoms with Crippen LogP contribution in [-0.4, -0.2) is 37.2 Å². The number of amides is 1. The largest absolute Gasteiger partial charge is 0.286 e. The van der Waals surface area contributed by atoms with Crippen LogP contribution in [0.4, 0.5) is 0 Å². The van der Waals surface area contributed by atoms with Gasteiger partial charge in [0.15, 0.2) is 0 Å². The molecule has 25 heavy (non-hydrogen) atoms. The summed E-state index contributed by atoms with van der Waals surface area (Å²) in [5, 5.41) is 10.7. The van der Waals surface area contributed by atoms with Crippen molar-refractivity contribution >= 4 is 38.9 Å². The highest BCUT2D eigenvalue weighted by Gasteiger charge is 2.29. The summed E-state index contributed by atoms with van der Waals surface area (Å²) in [6, 6.07) is 9.24. The van der Waals surface area contributed by atoms with Crippen LogP contribution in [0.5, 0.6) is 0 Å². The second-order valence-corrected chi connectivity index (χ2v) is 8.89. The molecule has 0 saturated carbocycles. The summed E-state index contributed by atoms with van der Waals surface area (Å²) >= 11 is 6.96. The normalized spacial score (nSPS) is 18.4. The molecule has 1 aromatic heterocycles. The highest BCUT2D eigenvalue weighted by atomic mass is 35.5. The fourth-order valence-corrected chi connectivity index (χ4v) is 5.01. The maximum atomic E-state index is 12.6. The fraction of sp³-hybridized carbons (Fsp3) is 0.188. The van der Waals surface area contributed by atoms with E-state index in [0.717, 1.165) is 21.8 Å². The molecular formula is C16H15ClN2O4S2. The summed E-state index contributed by atoms with van der Waals surface area (Å²) < 4.78 is 27.6. The van der Waals surface area contributed by atoms with Crippen molar-refractivity contribution in [2.24, 2.45) is 0 Å². The van der Waals surface area contributed by atoms with E-state index in [1.807, 2.05) is 0 Å². The molecule has 3 rings (SSSR count). The average molecular weight is 399 g/mol. The molecular weight excluding hydrogens is 384 g/mol. The number of benzene rings is 1. The summed E-state index contributed by atoms with van der Waals surface area (Å²) in [5.41, 5.74) is 0.853. The zero-order chi connectivity index (χ0) is 18.0. The molecule has 0 unspecified atom stereocenters. The molecule has 1 amide bonds. The number of thiophene rings is 1. The zero-order valence-corrected chi connectivity index (χ0v) is 15.3. The standard InChI is InChI=1S/C16H15ClN2O4S2/c17-12-6-4-11(5-7-12)14-8-9-15(24-14)25(22,23)18-13-3-1-2-10-19(21)16(13)20/h1-2,4-9,13,18,21H,3,10H2/t13-/m1/s1. The predicted molar refractivity (Wildman–Crippen MR) is 96.1 cm³/mol. The maximum absolute atomic E-state index is 12.6. The first-order chi connectivity index (χ1) is 11.9. The molecule has 2 aromatic rings. The summed E-state index contributed by atoms with van der Waals surface area (Å²) in [6.45, 7) is 0.0385. The highest BCUT2D eigenvalue weighted by molar-refractivity contribution is 7.91. The number of sulfonamides is 1. The van der Waals surface area contributed by atoms with Crippen LogP contribution in [0.1, 0.15) is 6.42 Å². The molecule has 1 aliphatic heterocycles. The van der Waals surface area contributed by atoms with Crippen LogP contribution in [0.2, 0.25) is 5.02 Å². The van der Waals surface area contributed by atoms with Crippen LogP contribution in [0.25, 0.3) is 10.4 Å². The Bertz CT molecular complexity index is 906. The van der Waals surface area contributed by atoms with Crippen LogP contribution >= 0.6 is 22.9 Å². The smallest absolute Gasteiger partial charge is 0.264 e. The molecule has 1 aliphatic rings. The lowest BCUT2D eigenvalue weighted by Gasteiger charge is -2.18. The molecule has 2 heterocycles. The molecule has 132 valence electrons. The van der Waals surface area contributed by atoms with Crippen LogP contribution < -0.4 is 4.72 Å². The number of hydrogen-bond donors (Lipinski definition) is 2. The summed E-state index contributed by atoms with van der Waals surface area (Å²) in [5.74, 6) is -0.678. The number of carbonyl (C=O) groups excluding carboxylic acids is 1. The third-order valence-corrected chi connectivity index (χ3v) is 6.99. The topological polar surface area (TPSA) is 86.7 Å². The van der Waals surface area contributed by atoms with Gasteiger partial charge < -0.3 is 0 Å². The second kappa shape index (κ2) is 7.27. The van der Waals surface area contributed by atoms with Gasteiger partial charge in [0.2, 0.25) is 0 Å². The van der Waals surface area contributed by atoms with Crippen molar-refractivity contribution in [2.45, 2.75) is 16.7 Å². The Labute approximate surface area is 154 Å². The SMILES string of the molecule is O=C1[C@H](NS(=O)(=O)c2ccc(-c3ccc(Cl)cc3)s2)CC=CCN1O. The summed E-state index contributed by atoms with van der Waals surface area (Å²) in [6.07, 6.45) is 3.45. The van der Waals surface area contributed by atoms with Gasteiger partial charge in [-0.1, -0.05) is 35.9 Å². The van der Waals surface area contributed by atoms with Gasteiger partial charge in [-0.25, -0.2) is 13.5 Å². The van der Waals surface area contributed by atoms with Gasteiger partial charge in [-0.3, -0.25) is 10.0 Å². The average Bonchev–Trinajstić information content (AvgIpc) is 3.03. The Kier molecular flexibility index (Phi) is 5.26. The minimum absolute atomic E-state index is 0.0385. The van der Waals surface area contributed by atoms with Gasteiger partial charge >= 0.3 is 0 Å². The van der Waals surface area contributed by atoms with Crippen LogP contribution in [0, 0.1) is 0 Å². The molecule has 0 fully saturated rings. The van der Waals surface area contributed by atoms with E-state index in [2.05, 4.69) is 4.72 Å². The van der Waals surface area contributed by atoms with E-state index in [9.17, 15) is 18.4 Å². The lowest BCUT2D eigenvalue weighted by Crippen LogP contribution is -2.46. The van der Waals surface area contributed by atoms with Crippen molar-refractivity contribution in [1.29, 1.82) is 0 Å². The first-order valence-electron chi connectivity index (χ1n) is 7.40. The van der Waals surface area contributed by atoms with Crippen molar-refractivity contribution in [3.8, 4) is 10.4 Å². The first-order valence-corrected chi connectivity index (χ1v) is 10.1. The van der Waals surface area contributed by atoms with Crippen LogP contribution in [0.15, 0.2) is 52.8 Å². The van der Waals surface area contributed by atoms with Crippen molar-refractivity contribution in [3.63, 3.8) is 0 Å². The van der Waals surface area contributed by atoms with Gasteiger partial charge in [0.1, 0.15) is 10.3 Å². The Balaban J connectivity index is 1.82. The lowest BCUT2D eigenvalue weighted by molar-refractivity contribution is -0.164. The fourth-order valence-electron chi connectivity index (χ4n) is 2.36. The van der Waals surface area contributed by atoms with Crippen molar-refractivity contribution in [3.05, 3.63) is 53.6 Å². The van der Waals surface area contributed by atoms with E-state index < -0.39 is 22.0 Å². The summed E-state index contributed by atoms with van der Waals surface area (Å²) in [4.78, 5) is 12.8. The zero-order valence-electron chi connectivity index (χ0n) is 12.9. The first kappa shape index (κ1) is 18.1. The van der Waals surface area contributed by atoms with Gasteiger partial charge in [-0.2, -0.15) is 4.72 Å². The van der Waals surface area contributed by atoms with Gasteiger partial charge in [0, 0.05) is 9.90 Å². The Morgan fingerprint density at radius 1 is 1.16 bits per heavy atom. The number of carbonyl (C=O) groups is 1. The van der Waals surface area contributed by atoms with E-state index in [1.165, 1.54) is 6.07 Å². The molecule has 0 spiro atoms. The van der Waals surface area contributed by atoms with E-state index in [0.29, 0.717) is 10.1 Å². The number of nitrogens with zero attached hydrogens (tertiary/aromatic N) is 1.